The summed E-state index contributed by atoms with van der Waals surface area (Å²) in [7, 11) is 2.04. The molecule has 2 aliphatic rings. The number of likely N-dealkylation sites (N-methyl/N-ethyl adjacent to an activating group) is 1. The molecule has 21 heavy (non-hydrogen) atoms. The first kappa shape index (κ1) is 15.8. The normalized spacial score (nSPS) is 27.5. The number of hydrogen-bond donors (Lipinski definition) is 1. The van der Waals surface area contributed by atoms with Gasteiger partial charge in [0.05, 0.1) is 5.41 Å². The van der Waals surface area contributed by atoms with E-state index in [1.165, 1.54) is 0 Å². The van der Waals surface area contributed by atoms with Gasteiger partial charge in [0.1, 0.15) is 0 Å². The van der Waals surface area contributed by atoms with E-state index in [1.54, 1.807) is 11.0 Å². The number of carbonyl (C=O) groups excluding carboxylic acids is 1. The lowest BCUT2D eigenvalue weighted by atomic mass is 9.77. The molecule has 1 atom stereocenters. The Kier molecular flexibility index (Phi) is 4.88. The molecule has 2 amide bonds. The van der Waals surface area contributed by atoms with Gasteiger partial charge in [-0.15, -0.1) is 6.58 Å². The molecule has 0 aromatic rings. The Morgan fingerprint density at radius 3 is 2.43 bits per heavy atom. The molecular formula is C15H25N3O3. The van der Waals surface area contributed by atoms with Crippen molar-refractivity contribution in [2.45, 2.75) is 19.3 Å². The van der Waals surface area contributed by atoms with Gasteiger partial charge in [0.25, 0.3) is 0 Å². The second-order valence-corrected chi connectivity index (χ2v) is 6.18. The third-order valence-corrected chi connectivity index (χ3v) is 4.61. The van der Waals surface area contributed by atoms with Gasteiger partial charge >= 0.3 is 12.0 Å². The fourth-order valence-corrected chi connectivity index (χ4v) is 3.20. The molecule has 2 fully saturated rings. The van der Waals surface area contributed by atoms with Crippen molar-refractivity contribution in [1.29, 1.82) is 0 Å². The molecule has 2 heterocycles. The molecule has 118 valence electrons. The Morgan fingerprint density at radius 1 is 1.19 bits per heavy atom. The Morgan fingerprint density at radius 2 is 1.86 bits per heavy atom. The number of carboxylic acid groups (broad SMARTS) is 1. The lowest BCUT2D eigenvalue weighted by Crippen LogP contribution is -2.56. The molecule has 0 bridgehead atoms. The molecule has 2 rings (SSSR count). The van der Waals surface area contributed by atoms with Crippen LogP contribution in [0.5, 0.6) is 0 Å². The number of carbonyl (C=O) groups is 2. The zero-order valence-electron chi connectivity index (χ0n) is 12.8. The van der Waals surface area contributed by atoms with E-state index in [0.29, 0.717) is 39.0 Å². The second kappa shape index (κ2) is 6.47. The van der Waals surface area contributed by atoms with Gasteiger partial charge in [-0.1, -0.05) is 6.08 Å². The highest BCUT2D eigenvalue weighted by atomic mass is 16.4. The van der Waals surface area contributed by atoms with Gasteiger partial charge in [0.15, 0.2) is 0 Å². The summed E-state index contributed by atoms with van der Waals surface area (Å²) in [5.41, 5.74) is -0.859. The van der Waals surface area contributed by atoms with Gasteiger partial charge < -0.3 is 19.8 Å². The lowest BCUT2D eigenvalue weighted by Gasteiger charge is -2.42. The van der Waals surface area contributed by atoms with Crippen molar-refractivity contribution >= 4 is 12.0 Å². The van der Waals surface area contributed by atoms with Crippen LogP contribution in [0.15, 0.2) is 12.7 Å². The molecule has 1 N–H and O–H groups in total. The van der Waals surface area contributed by atoms with Crippen LogP contribution in [0.2, 0.25) is 0 Å². The maximum absolute atomic E-state index is 12.6. The number of carboxylic acids is 1. The largest absolute Gasteiger partial charge is 0.481 e. The summed E-state index contributed by atoms with van der Waals surface area (Å²) in [6.07, 6.45) is 3.41. The van der Waals surface area contributed by atoms with E-state index in [0.717, 1.165) is 19.5 Å². The number of piperazine rings is 1. The van der Waals surface area contributed by atoms with E-state index in [2.05, 4.69) is 11.5 Å². The third kappa shape index (κ3) is 3.37. The molecule has 2 aliphatic heterocycles. The summed E-state index contributed by atoms with van der Waals surface area (Å²) >= 11 is 0. The SMILES string of the molecule is C=CCC1(C(=O)O)CCCN(C(=O)N2CCN(C)CC2)C1. The standard InChI is InChI=1S/C15H25N3O3/c1-3-5-15(13(19)20)6-4-7-18(12-15)14(21)17-10-8-16(2)9-11-17/h3H,1,4-12H2,2H3,(H,19,20). The molecule has 6 nitrogen and oxygen atoms in total. The van der Waals surface area contributed by atoms with Crippen LogP contribution in [0, 0.1) is 5.41 Å². The number of urea groups is 1. The van der Waals surface area contributed by atoms with Crippen LogP contribution < -0.4 is 0 Å². The molecule has 0 aliphatic carbocycles. The summed E-state index contributed by atoms with van der Waals surface area (Å²) in [4.78, 5) is 30.0. The van der Waals surface area contributed by atoms with Crippen LogP contribution in [0.3, 0.4) is 0 Å². The highest BCUT2D eigenvalue weighted by molar-refractivity contribution is 5.79. The minimum atomic E-state index is -0.859. The number of nitrogens with zero attached hydrogens (tertiary/aromatic N) is 3. The van der Waals surface area contributed by atoms with E-state index < -0.39 is 11.4 Å². The number of aliphatic carboxylic acids is 1. The van der Waals surface area contributed by atoms with E-state index in [-0.39, 0.29) is 6.03 Å². The predicted octanol–water partition coefficient (Wildman–Crippen LogP) is 1.10. The maximum atomic E-state index is 12.6. The van der Waals surface area contributed by atoms with Crippen molar-refractivity contribution in [2.24, 2.45) is 5.41 Å². The Balaban J connectivity index is 2.04. The van der Waals surface area contributed by atoms with Gasteiger partial charge in [-0.05, 0) is 26.3 Å². The monoisotopic (exact) mass is 295 g/mol. The first-order valence-electron chi connectivity index (χ1n) is 7.55. The van der Waals surface area contributed by atoms with Gasteiger partial charge in [-0.25, -0.2) is 4.79 Å². The van der Waals surface area contributed by atoms with E-state index in [9.17, 15) is 14.7 Å². The Bertz CT molecular complexity index is 418. The summed E-state index contributed by atoms with van der Waals surface area (Å²) in [6, 6.07) is -0.0162. The van der Waals surface area contributed by atoms with Crippen LogP contribution in [0.1, 0.15) is 19.3 Å². The molecule has 1 unspecified atom stereocenters. The molecule has 0 saturated carbocycles. The highest BCUT2D eigenvalue weighted by Gasteiger charge is 2.43. The quantitative estimate of drug-likeness (QED) is 0.792. The maximum Gasteiger partial charge on any atom is 0.320 e. The Hall–Kier alpha value is -1.56. The van der Waals surface area contributed by atoms with Gasteiger partial charge in [0.2, 0.25) is 0 Å². The van der Waals surface area contributed by atoms with Crippen molar-refractivity contribution in [2.75, 3.05) is 46.3 Å². The molecule has 0 spiro atoms. The fraction of sp³-hybridized carbons (Fsp3) is 0.733. The third-order valence-electron chi connectivity index (χ3n) is 4.61. The molecule has 0 aromatic heterocycles. The summed E-state index contributed by atoms with van der Waals surface area (Å²) < 4.78 is 0. The molecule has 0 radical (unpaired) electrons. The fourth-order valence-electron chi connectivity index (χ4n) is 3.20. The zero-order valence-corrected chi connectivity index (χ0v) is 12.8. The average Bonchev–Trinajstić information content (AvgIpc) is 2.48. The van der Waals surface area contributed by atoms with E-state index in [4.69, 9.17) is 0 Å². The predicted molar refractivity (Wildman–Crippen MR) is 80.2 cm³/mol. The van der Waals surface area contributed by atoms with Crippen molar-refractivity contribution in [1.82, 2.24) is 14.7 Å². The minimum Gasteiger partial charge on any atom is -0.481 e. The highest BCUT2D eigenvalue weighted by Crippen LogP contribution is 2.34. The molecular weight excluding hydrogens is 270 g/mol. The van der Waals surface area contributed by atoms with Gasteiger partial charge in [-0.2, -0.15) is 0 Å². The molecule has 0 aromatic carbocycles. The van der Waals surface area contributed by atoms with Gasteiger partial charge in [-0.3, -0.25) is 4.79 Å². The average molecular weight is 295 g/mol. The van der Waals surface area contributed by atoms with Crippen LogP contribution >= 0.6 is 0 Å². The first-order valence-corrected chi connectivity index (χ1v) is 7.55. The minimum absolute atomic E-state index is 0.0162. The first-order chi connectivity index (χ1) is 9.98. The van der Waals surface area contributed by atoms with Crippen molar-refractivity contribution in [3.05, 3.63) is 12.7 Å². The van der Waals surface area contributed by atoms with Crippen LogP contribution in [-0.4, -0.2) is 78.1 Å². The number of hydrogen-bond acceptors (Lipinski definition) is 3. The Labute approximate surface area is 126 Å². The topological polar surface area (TPSA) is 64.1 Å². The number of amides is 2. The molecule has 6 heteroatoms. The zero-order chi connectivity index (χ0) is 15.5. The smallest absolute Gasteiger partial charge is 0.320 e. The van der Waals surface area contributed by atoms with Crippen LogP contribution in [0.25, 0.3) is 0 Å². The molecule has 2 saturated heterocycles. The van der Waals surface area contributed by atoms with Crippen LogP contribution in [0.4, 0.5) is 4.79 Å². The van der Waals surface area contributed by atoms with Crippen LogP contribution in [-0.2, 0) is 4.79 Å². The van der Waals surface area contributed by atoms with Gasteiger partial charge in [0, 0.05) is 39.3 Å². The van der Waals surface area contributed by atoms with Crippen molar-refractivity contribution in [3.8, 4) is 0 Å². The number of allylic oxidation sites excluding steroid dienone is 1. The van der Waals surface area contributed by atoms with E-state index >= 15 is 0 Å². The van der Waals surface area contributed by atoms with Crippen molar-refractivity contribution < 1.29 is 14.7 Å². The summed E-state index contributed by atoms with van der Waals surface area (Å²) in [5.74, 6) is -0.821. The number of rotatable bonds is 3. The number of likely N-dealkylation sites (tertiary alicyclic amines) is 1. The van der Waals surface area contributed by atoms with Crippen molar-refractivity contribution in [3.63, 3.8) is 0 Å². The summed E-state index contributed by atoms with van der Waals surface area (Å²) in [5, 5.41) is 9.56. The second-order valence-electron chi connectivity index (χ2n) is 6.18. The lowest BCUT2D eigenvalue weighted by molar-refractivity contribution is -0.151. The van der Waals surface area contributed by atoms with E-state index in [1.807, 2.05) is 11.9 Å². The number of piperidine rings is 1. The summed E-state index contributed by atoms with van der Waals surface area (Å²) in [6.45, 7) is 7.78.